The van der Waals surface area contributed by atoms with E-state index in [1.807, 2.05) is 43.3 Å². The van der Waals surface area contributed by atoms with E-state index in [1.54, 1.807) is 0 Å². The molecule has 0 unspecified atom stereocenters. The summed E-state index contributed by atoms with van der Waals surface area (Å²) in [6, 6.07) is 17.3. The molecule has 3 aromatic rings. The fraction of sp³-hybridized carbons (Fsp3) is 0.292. The number of rotatable bonds is 5. The van der Waals surface area contributed by atoms with Crippen molar-refractivity contribution in [1.82, 2.24) is 9.97 Å². The molecule has 0 spiro atoms. The van der Waals surface area contributed by atoms with Gasteiger partial charge in [0.05, 0.1) is 16.9 Å². The first-order valence-electron chi connectivity index (χ1n) is 9.85. The van der Waals surface area contributed by atoms with Crippen molar-refractivity contribution in [1.29, 1.82) is 0 Å². The number of halogens is 2. The lowest BCUT2D eigenvalue weighted by Gasteiger charge is -2.28. The van der Waals surface area contributed by atoms with Crippen molar-refractivity contribution in [3.63, 3.8) is 0 Å². The summed E-state index contributed by atoms with van der Waals surface area (Å²) in [6.45, 7) is 6.20. The van der Waals surface area contributed by atoms with Gasteiger partial charge >= 0.3 is 0 Å². The zero-order valence-electron chi connectivity index (χ0n) is 17.2. The van der Waals surface area contributed by atoms with Gasteiger partial charge in [-0.1, -0.05) is 65.9 Å². The van der Waals surface area contributed by atoms with Gasteiger partial charge in [-0.15, -0.1) is 0 Å². The smallest absolute Gasteiger partial charge is 0.280 e. The van der Waals surface area contributed by atoms with Crippen LogP contribution in [0.4, 0.5) is 8.78 Å². The van der Waals surface area contributed by atoms with Gasteiger partial charge in [0, 0.05) is 11.3 Å². The topological polar surface area (TPSA) is 38.1 Å². The second kappa shape index (κ2) is 8.26. The van der Waals surface area contributed by atoms with Crippen molar-refractivity contribution in [2.24, 2.45) is 4.99 Å². The molecule has 30 heavy (non-hydrogen) atoms. The summed E-state index contributed by atoms with van der Waals surface area (Å²) >= 11 is 1.35. The van der Waals surface area contributed by atoms with Crippen molar-refractivity contribution in [2.75, 3.05) is 5.75 Å². The summed E-state index contributed by atoms with van der Waals surface area (Å²) in [5.74, 6) is 0.528. The van der Waals surface area contributed by atoms with Gasteiger partial charge in [0.2, 0.25) is 0 Å². The predicted molar refractivity (Wildman–Crippen MR) is 119 cm³/mol. The Bertz CT molecular complexity index is 1090. The summed E-state index contributed by atoms with van der Waals surface area (Å²) < 4.78 is 27.0. The number of aryl methyl sites for hydroxylation is 1. The summed E-state index contributed by atoms with van der Waals surface area (Å²) in [5, 5.41) is 0.340. The molecular formula is C24H23F2N3S. The Balaban J connectivity index is 1.64. The van der Waals surface area contributed by atoms with Crippen LogP contribution in [0.25, 0.3) is 11.3 Å². The van der Waals surface area contributed by atoms with Crippen LogP contribution in [-0.4, -0.2) is 27.0 Å². The number of aliphatic imine (C=N–C) groups is 1. The average Bonchev–Trinajstić information content (AvgIpc) is 2.71. The molecule has 0 radical (unpaired) electrons. The number of aromatic nitrogens is 2. The Morgan fingerprint density at radius 1 is 1.03 bits per heavy atom. The van der Waals surface area contributed by atoms with E-state index < -0.39 is 6.43 Å². The minimum absolute atomic E-state index is 0.191. The van der Waals surface area contributed by atoms with E-state index in [2.05, 4.69) is 35.9 Å². The van der Waals surface area contributed by atoms with E-state index in [1.165, 1.54) is 23.4 Å². The quantitative estimate of drug-likeness (QED) is 0.357. The number of fused-ring (bicyclic) bond motifs is 1. The summed E-state index contributed by atoms with van der Waals surface area (Å²) in [7, 11) is 0. The molecule has 3 nitrogen and oxygen atoms in total. The molecule has 0 aliphatic carbocycles. The zero-order valence-corrected chi connectivity index (χ0v) is 18.0. The lowest BCUT2D eigenvalue weighted by molar-refractivity contribution is 0.145. The van der Waals surface area contributed by atoms with Crippen molar-refractivity contribution in [3.8, 4) is 11.3 Å². The first-order chi connectivity index (χ1) is 14.3. The highest BCUT2D eigenvalue weighted by Gasteiger charge is 2.26. The Morgan fingerprint density at radius 3 is 2.50 bits per heavy atom. The highest BCUT2D eigenvalue weighted by atomic mass is 32.2. The standard InChI is InChI=1S/C24H23F2N3S/c1-15-8-10-16(11-9-15)19-12-20(22(25)26)28-23(27-19)30-14-21-18-7-5-4-6-17(18)13-24(2,3)29-21/h4-12,22H,13-14H2,1-3H3. The number of alkyl halides is 2. The third kappa shape index (κ3) is 4.59. The molecule has 2 aromatic carbocycles. The van der Waals surface area contributed by atoms with Crippen LogP contribution in [0.2, 0.25) is 0 Å². The van der Waals surface area contributed by atoms with E-state index in [0.717, 1.165) is 28.8 Å². The Kier molecular flexibility index (Phi) is 5.69. The molecule has 0 saturated carbocycles. The Labute approximate surface area is 179 Å². The van der Waals surface area contributed by atoms with Crippen molar-refractivity contribution >= 4 is 17.5 Å². The highest BCUT2D eigenvalue weighted by molar-refractivity contribution is 7.99. The number of hydrogen-bond acceptors (Lipinski definition) is 4. The van der Waals surface area contributed by atoms with E-state index in [9.17, 15) is 8.78 Å². The molecule has 0 fully saturated rings. The van der Waals surface area contributed by atoms with Gasteiger partial charge in [0.15, 0.2) is 5.16 Å². The number of thioether (sulfide) groups is 1. The van der Waals surface area contributed by atoms with Gasteiger partial charge < -0.3 is 0 Å². The van der Waals surface area contributed by atoms with Gasteiger partial charge in [-0.25, -0.2) is 18.7 Å². The van der Waals surface area contributed by atoms with E-state index in [-0.39, 0.29) is 11.2 Å². The molecule has 2 heterocycles. The monoisotopic (exact) mass is 423 g/mol. The molecule has 154 valence electrons. The minimum atomic E-state index is -2.65. The fourth-order valence-corrected chi connectivity index (χ4v) is 4.44. The van der Waals surface area contributed by atoms with Crippen LogP contribution in [0.3, 0.4) is 0 Å². The van der Waals surface area contributed by atoms with Crippen LogP contribution in [0.1, 0.15) is 42.7 Å². The molecule has 0 N–H and O–H groups in total. The van der Waals surface area contributed by atoms with Crippen LogP contribution >= 0.6 is 11.8 Å². The van der Waals surface area contributed by atoms with Gasteiger partial charge in [-0.05, 0) is 44.4 Å². The maximum absolute atomic E-state index is 13.5. The van der Waals surface area contributed by atoms with Crippen molar-refractivity contribution < 1.29 is 8.78 Å². The molecule has 6 heteroatoms. The molecule has 4 rings (SSSR count). The van der Waals surface area contributed by atoms with Gasteiger partial charge in [-0.2, -0.15) is 0 Å². The second-order valence-corrected chi connectivity index (χ2v) is 9.06. The molecule has 1 aliphatic heterocycles. The number of hydrogen-bond donors (Lipinski definition) is 0. The number of nitrogens with zero attached hydrogens (tertiary/aromatic N) is 3. The molecular weight excluding hydrogens is 400 g/mol. The normalized spacial score (nSPS) is 15.1. The maximum atomic E-state index is 13.5. The van der Waals surface area contributed by atoms with Crippen LogP contribution in [0.15, 0.2) is 64.7 Å². The lowest BCUT2D eigenvalue weighted by atomic mass is 9.87. The molecule has 0 amide bonds. The van der Waals surface area contributed by atoms with E-state index in [0.29, 0.717) is 16.6 Å². The average molecular weight is 424 g/mol. The Morgan fingerprint density at radius 2 is 1.77 bits per heavy atom. The maximum Gasteiger partial charge on any atom is 0.280 e. The first-order valence-corrected chi connectivity index (χ1v) is 10.8. The van der Waals surface area contributed by atoms with Crippen molar-refractivity contribution in [2.45, 2.75) is 44.3 Å². The number of benzene rings is 2. The highest BCUT2D eigenvalue weighted by Crippen LogP contribution is 2.30. The second-order valence-electron chi connectivity index (χ2n) is 8.12. The molecule has 1 aliphatic rings. The van der Waals surface area contributed by atoms with Crippen LogP contribution < -0.4 is 0 Å². The Hall–Kier alpha value is -2.60. The third-order valence-corrected chi connectivity index (χ3v) is 5.88. The summed E-state index contributed by atoms with van der Waals surface area (Å²) in [4.78, 5) is 13.6. The van der Waals surface area contributed by atoms with Crippen LogP contribution in [-0.2, 0) is 6.42 Å². The van der Waals surface area contributed by atoms with Gasteiger partial charge in [-0.3, -0.25) is 4.99 Å². The lowest BCUT2D eigenvalue weighted by Crippen LogP contribution is -2.29. The molecule has 0 bridgehead atoms. The first kappa shape index (κ1) is 20.7. The fourth-order valence-electron chi connectivity index (χ4n) is 3.62. The zero-order chi connectivity index (χ0) is 21.3. The van der Waals surface area contributed by atoms with Crippen LogP contribution in [0.5, 0.6) is 0 Å². The molecule has 1 aromatic heterocycles. The van der Waals surface area contributed by atoms with Crippen molar-refractivity contribution in [3.05, 3.63) is 77.0 Å². The molecule has 0 saturated heterocycles. The summed E-state index contributed by atoms with van der Waals surface area (Å²) in [5.41, 5.74) is 5.30. The van der Waals surface area contributed by atoms with Gasteiger partial charge in [0.1, 0.15) is 5.69 Å². The van der Waals surface area contributed by atoms with Crippen LogP contribution in [0, 0.1) is 6.92 Å². The SMILES string of the molecule is Cc1ccc(-c2cc(C(F)F)nc(SCC3=NC(C)(C)Cc4ccccc43)n2)cc1. The van der Waals surface area contributed by atoms with Gasteiger partial charge in [0.25, 0.3) is 6.43 Å². The van der Waals surface area contributed by atoms with E-state index >= 15 is 0 Å². The predicted octanol–water partition coefficient (Wildman–Crippen LogP) is 6.31. The summed E-state index contributed by atoms with van der Waals surface area (Å²) in [6.07, 6.45) is -1.77. The van der Waals surface area contributed by atoms with E-state index in [4.69, 9.17) is 4.99 Å². The molecule has 0 atom stereocenters. The third-order valence-electron chi connectivity index (χ3n) is 5.02. The minimum Gasteiger partial charge on any atom is -0.282 e. The largest absolute Gasteiger partial charge is 0.282 e.